The maximum Gasteiger partial charge on any atom is 0.165 e. The first kappa shape index (κ1) is 19.4. The molecule has 4 aromatic carbocycles. The van der Waals surface area contributed by atoms with Gasteiger partial charge in [0.1, 0.15) is 5.82 Å². The van der Waals surface area contributed by atoms with Gasteiger partial charge in [-0.15, -0.1) is 9.24 Å². The fraction of sp³-hybridized carbons (Fsp3) is 0.0400. The maximum atomic E-state index is 14.7. The third-order valence-electron chi connectivity index (χ3n) is 4.94. The first-order valence-corrected chi connectivity index (χ1v) is 9.72. The van der Waals surface area contributed by atoms with Crippen LogP contribution in [0.4, 0.5) is 13.2 Å². The summed E-state index contributed by atoms with van der Waals surface area (Å²) in [5, 5.41) is 0.0650. The van der Waals surface area contributed by atoms with Crippen LogP contribution < -0.4 is 5.30 Å². The van der Waals surface area contributed by atoms with E-state index in [1.165, 1.54) is 17.7 Å². The van der Waals surface area contributed by atoms with Crippen LogP contribution in [-0.2, 0) is 0 Å². The molecule has 29 heavy (non-hydrogen) atoms. The standard InChI is InChI=1S/C25H18F3P/c1-15-2-4-16(5-3-15)17-6-8-18(9-7-17)19-10-11-21(22(26)12-19)20-13-23(27)25(28)24(29)14-20/h2-14H,29H2,1H3. The predicted octanol–water partition coefficient (Wildman–Crippen LogP) is 6.91. The third kappa shape index (κ3) is 3.97. The van der Waals surface area contributed by atoms with Crippen molar-refractivity contribution in [3.05, 3.63) is 102 Å². The fourth-order valence-electron chi connectivity index (χ4n) is 3.30. The van der Waals surface area contributed by atoms with E-state index in [1.54, 1.807) is 12.1 Å². The van der Waals surface area contributed by atoms with Crippen molar-refractivity contribution in [3.8, 4) is 33.4 Å². The Balaban J connectivity index is 1.65. The monoisotopic (exact) mass is 406 g/mol. The molecule has 0 aliphatic rings. The molecule has 0 bridgehead atoms. The maximum absolute atomic E-state index is 14.7. The van der Waals surface area contributed by atoms with E-state index in [0.29, 0.717) is 5.56 Å². The number of hydrogen-bond donors (Lipinski definition) is 0. The Labute approximate surface area is 170 Å². The van der Waals surface area contributed by atoms with E-state index in [4.69, 9.17) is 0 Å². The lowest BCUT2D eigenvalue weighted by Crippen LogP contribution is -2.03. The van der Waals surface area contributed by atoms with Gasteiger partial charge in [0, 0.05) is 10.9 Å². The Morgan fingerprint density at radius 2 is 1.03 bits per heavy atom. The number of halogens is 3. The molecule has 1 unspecified atom stereocenters. The van der Waals surface area contributed by atoms with Crippen LogP contribution in [0.5, 0.6) is 0 Å². The lowest BCUT2D eigenvalue weighted by Gasteiger charge is -2.10. The summed E-state index contributed by atoms with van der Waals surface area (Å²) in [4.78, 5) is 0. The van der Waals surface area contributed by atoms with Crippen molar-refractivity contribution in [2.45, 2.75) is 6.92 Å². The van der Waals surface area contributed by atoms with Gasteiger partial charge in [-0.25, -0.2) is 13.2 Å². The number of aryl methyl sites for hydroxylation is 1. The lowest BCUT2D eigenvalue weighted by atomic mass is 9.97. The average molecular weight is 406 g/mol. The highest BCUT2D eigenvalue weighted by Crippen LogP contribution is 2.30. The molecule has 0 radical (unpaired) electrons. The molecule has 4 aromatic rings. The molecule has 0 aromatic heterocycles. The second kappa shape index (κ2) is 7.85. The molecule has 1 atom stereocenters. The van der Waals surface area contributed by atoms with E-state index >= 15 is 0 Å². The normalized spacial score (nSPS) is 10.9. The van der Waals surface area contributed by atoms with Crippen LogP contribution in [0.25, 0.3) is 33.4 Å². The molecule has 0 aliphatic heterocycles. The third-order valence-corrected chi connectivity index (χ3v) is 5.36. The first-order chi connectivity index (χ1) is 13.9. The summed E-state index contributed by atoms with van der Waals surface area (Å²) >= 11 is 0. The van der Waals surface area contributed by atoms with Crippen LogP contribution in [0.2, 0.25) is 0 Å². The van der Waals surface area contributed by atoms with E-state index in [0.717, 1.165) is 28.3 Å². The highest BCUT2D eigenvalue weighted by molar-refractivity contribution is 7.27. The van der Waals surface area contributed by atoms with Gasteiger partial charge in [0.25, 0.3) is 0 Å². The zero-order chi connectivity index (χ0) is 20.5. The number of benzene rings is 4. The van der Waals surface area contributed by atoms with Crippen LogP contribution in [-0.4, -0.2) is 0 Å². The second-order valence-corrected chi connectivity index (χ2v) is 7.62. The first-order valence-electron chi connectivity index (χ1n) is 9.14. The Morgan fingerprint density at radius 1 is 0.552 bits per heavy atom. The van der Waals surface area contributed by atoms with Crippen molar-refractivity contribution in [2.24, 2.45) is 0 Å². The summed E-state index contributed by atoms with van der Waals surface area (Å²) in [6.07, 6.45) is 0. The molecule has 0 amide bonds. The van der Waals surface area contributed by atoms with E-state index < -0.39 is 17.5 Å². The van der Waals surface area contributed by atoms with Gasteiger partial charge in [0.2, 0.25) is 0 Å². The molecule has 0 saturated carbocycles. The molecule has 144 valence electrons. The van der Waals surface area contributed by atoms with Gasteiger partial charge >= 0.3 is 0 Å². The Bertz CT molecular complexity index is 1160. The minimum Gasteiger partial charge on any atom is -0.206 e. The van der Waals surface area contributed by atoms with Crippen molar-refractivity contribution in [3.63, 3.8) is 0 Å². The highest BCUT2D eigenvalue weighted by Gasteiger charge is 2.13. The van der Waals surface area contributed by atoms with Crippen molar-refractivity contribution < 1.29 is 13.2 Å². The molecule has 0 saturated heterocycles. The van der Waals surface area contributed by atoms with Gasteiger partial charge in [-0.2, -0.15) is 0 Å². The minimum atomic E-state index is -0.998. The summed E-state index contributed by atoms with van der Waals surface area (Å²) in [6, 6.07) is 23.4. The summed E-state index contributed by atoms with van der Waals surface area (Å²) < 4.78 is 41.9. The van der Waals surface area contributed by atoms with E-state index in [9.17, 15) is 13.2 Å². The molecule has 0 aliphatic carbocycles. The highest BCUT2D eigenvalue weighted by atomic mass is 31.0. The smallest absolute Gasteiger partial charge is 0.165 e. The molecule has 0 N–H and O–H groups in total. The van der Waals surface area contributed by atoms with Gasteiger partial charge in [-0.1, -0.05) is 66.2 Å². The van der Waals surface area contributed by atoms with E-state index in [1.807, 2.05) is 31.2 Å². The van der Waals surface area contributed by atoms with Gasteiger partial charge in [-0.3, -0.25) is 0 Å². The molecular formula is C25H18F3P. The van der Waals surface area contributed by atoms with Crippen molar-refractivity contribution in [1.82, 2.24) is 0 Å². The largest absolute Gasteiger partial charge is 0.206 e. The van der Waals surface area contributed by atoms with Gasteiger partial charge in [0.05, 0.1) is 0 Å². The lowest BCUT2D eigenvalue weighted by molar-refractivity contribution is 0.515. The zero-order valence-corrected chi connectivity index (χ0v) is 16.9. The quantitative estimate of drug-likeness (QED) is 0.324. The zero-order valence-electron chi connectivity index (χ0n) is 15.7. The molecule has 0 spiro atoms. The Hall–Kier alpha value is -2.90. The summed E-state index contributed by atoms with van der Waals surface area (Å²) in [6.45, 7) is 2.05. The SMILES string of the molecule is Cc1ccc(-c2ccc(-c3ccc(-c4cc(F)c(F)c(P)c4)c(F)c3)cc2)cc1. The fourth-order valence-corrected chi connectivity index (χ4v) is 3.61. The molecule has 0 fully saturated rings. The molecule has 4 heteroatoms. The van der Waals surface area contributed by atoms with Gasteiger partial charge < -0.3 is 0 Å². The number of rotatable bonds is 3. The summed E-state index contributed by atoms with van der Waals surface area (Å²) in [7, 11) is 2.13. The van der Waals surface area contributed by atoms with E-state index in [2.05, 4.69) is 33.5 Å². The van der Waals surface area contributed by atoms with Crippen LogP contribution >= 0.6 is 9.24 Å². The second-order valence-electron chi connectivity index (χ2n) is 7.00. The molecule has 0 nitrogen and oxygen atoms in total. The van der Waals surface area contributed by atoms with Gasteiger partial charge in [0.15, 0.2) is 11.6 Å². The summed E-state index contributed by atoms with van der Waals surface area (Å²) in [5.41, 5.74) is 5.53. The van der Waals surface area contributed by atoms with Crippen molar-refractivity contribution in [1.29, 1.82) is 0 Å². The van der Waals surface area contributed by atoms with Crippen LogP contribution in [0, 0.1) is 24.4 Å². The average Bonchev–Trinajstić information content (AvgIpc) is 2.72. The van der Waals surface area contributed by atoms with Crippen LogP contribution in [0.15, 0.2) is 78.9 Å². The van der Waals surface area contributed by atoms with Crippen molar-refractivity contribution in [2.75, 3.05) is 0 Å². The molecule has 0 heterocycles. The van der Waals surface area contributed by atoms with Gasteiger partial charge in [-0.05, 0) is 52.9 Å². The Kier molecular flexibility index (Phi) is 5.25. The topological polar surface area (TPSA) is 0 Å². The predicted molar refractivity (Wildman–Crippen MR) is 117 cm³/mol. The molecule has 4 rings (SSSR count). The van der Waals surface area contributed by atoms with Crippen molar-refractivity contribution >= 4 is 14.5 Å². The Morgan fingerprint density at radius 3 is 1.59 bits per heavy atom. The van der Waals surface area contributed by atoms with E-state index in [-0.39, 0.29) is 10.9 Å². The number of hydrogen-bond acceptors (Lipinski definition) is 0. The van der Waals surface area contributed by atoms with Crippen LogP contribution in [0.3, 0.4) is 0 Å². The molecular weight excluding hydrogens is 388 g/mol. The minimum absolute atomic E-state index is 0.0650. The van der Waals surface area contributed by atoms with Crippen LogP contribution in [0.1, 0.15) is 5.56 Å². The summed E-state index contributed by atoms with van der Waals surface area (Å²) in [5.74, 6) is -2.42.